The molecule has 1 aromatic rings. The molecule has 8 heteroatoms. The van der Waals surface area contributed by atoms with E-state index >= 15 is 0 Å². The van der Waals surface area contributed by atoms with E-state index < -0.39 is 5.91 Å². The van der Waals surface area contributed by atoms with Gasteiger partial charge in [-0.2, -0.15) is 0 Å². The van der Waals surface area contributed by atoms with Crippen molar-refractivity contribution in [3.05, 3.63) is 29.8 Å². The Morgan fingerprint density at radius 3 is 2.64 bits per heavy atom. The molecule has 1 amide bonds. The van der Waals surface area contributed by atoms with Gasteiger partial charge in [0.15, 0.2) is 12.6 Å². The molecule has 0 bridgehead atoms. The van der Waals surface area contributed by atoms with E-state index in [2.05, 4.69) is 20.5 Å². The number of primary amides is 1. The Morgan fingerprint density at radius 2 is 1.96 bits per heavy atom. The number of nitrogens with one attached hydrogen (secondary N) is 2. The van der Waals surface area contributed by atoms with Crippen LogP contribution in [0, 0.1) is 0 Å². The quantitative estimate of drug-likeness (QED) is 0.208. The number of aliphatic imine (C=N–C) groups is 1. The molecule has 28 heavy (non-hydrogen) atoms. The van der Waals surface area contributed by atoms with Gasteiger partial charge < -0.3 is 26.0 Å². The van der Waals surface area contributed by atoms with Gasteiger partial charge in [0.25, 0.3) is 5.91 Å². The van der Waals surface area contributed by atoms with E-state index in [9.17, 15) is 4.79 Å². The first-order valence-corrected chi connectivity index (χ1v) is 9.84. The molecule has 158 valence electrons. The Morgan fingerprint density at radius 1 is 1.21 bits per heavy atom. The van der Waals surface area contributed by atoms with Gasteiger partial charge in [-0.05, 0) is 56.6 Å². The van der Waals surface area contributed by atoms with Crippen LogP contribution < -0.4 is 21.1 Å². The van der Waals surface area contributed by atoms with Gasteiger partial charge in [-0.1, -0.05) is 25.0 Å². The van der Waals surface area contributed by atoms with Crippen LogP contribution in [-0.2, 0) is 11.3 Å². The fourth-order valence-electron chi connectivity index (χ4n) is 3.18. The zero-order valence-corrected chi connectivity index (χ0v) is 19.1. The molecule has 0 unspecified atom stereocenters. The number of nitrogens with zero attached hydrogens (tertiary/aromatic N) is 2. The highest BCUT2D eigenvalue weighted by molar-refractivity contribution is 14.0. The number of nitrogens with two attached hydrogens (primary N) is 1. The summed E-state index contributed by atoms with van der Waals surface area (Å²) < 4.78 is 5.33. The van der Waals surface area contributed by atoms with Gasteiger partial charge in [0.2, 0.25) is 0 Å². The summed E-state index contributed by atoms with van der Waals surface area (Å²) in [7, 11) is 1.77. The van der Waals surface area contributed by atoms with Crippen LogP contribution in [0.5, 0.6) is 5.75 Å². The molecule has 0 aromatic heterocycles. The molecule has 1 aliphatic heterocycles. The monoisotopic (exact) mass is 503 g/mol. The summed E-state index contributed by atoms with van der Waals surface area (Å²) in [6, 6.07) is 7.59. The number of benzene rings is 1. The van der Waals surface area contributed by atoms with Gasteiger partial charge in [0.05, 0.1) is 0 Å². The van der Waals surface area contributed by atoms with E-state index in [-0.39, 0.29) is 30.6 Å². The molecule has 7 nitrogen and oxygen atoms in total. The molecule has 0 spiro atoms. The zero-order chi connectivity index (χ0) is 19.3. The van der Waals surface area contributed by atoms with Crippen molar-refractivity contribution >= 4 is 35.8 Å². The second kappa shape index (κ2) is 14.4. The number of hydrogen-bond acceptors (Lipinski definition) is 4. The van der Waals surface area contributed by atoms with Gasteiger partial charge >= 0.3 is 0 Å². The molecule has 0 aliphatic carbocycles. The van der Waals surface area contributed by atoms with Crippen LogP contribution in [0.1, 0.15) is 37.7 Å². The molecular formula is C20H34IN5O2. The normalized spacial score (nSPS) is 15.2. The third kappa shape index (κ3) is 10.1. The lowest BCUT2D eigenvalue weighted by Crippen LogP contribution is -2.38. The average molecular weight is 503 g/mol. The number of hydrogen-bond donors (Lipinski definition) is 3. The molecule has 1 aliphatic rings. The molecule has 1 fully saturated rings. The van der Waals surface area contributed by atoms with Crippen LogP contribution in [0.4, 0.5) is 0 Å². The van der Waals surface area contributed by atoms with Gasteiger partial charge in [-0.3, -0.25) is 9.79 Å². The van der Waals surface area contributed by atoms with Crippen LogP contribution in [0.15, 0.2) is 29.3 Å². The van der Waals surface area contributed by atoms with Crippen LogP contribution in [-0.4, -0.2) is 56.6 Å². The Hall–Kier alpha value is -1.55. The standard InChI is InChI=1S/C20H33N5O2.HI/c1-22-20(23-10-7-13-25-11-4-2-3-5-12-25)24-15-17-8-6-9-18(14-17)27-16-19(21)26;/h6,8-9,14H,2-5,7,10-13,15-16H2,1H3,(H2,21,26)(H2,22,23,24);1H. The predicted octanol–water partition coefficient (Wildman–Crippen LogP) is 2.10. The van der Waals surface area contributed by atoms with Crippen molar-refractivity contribution in [2.75, 3.05) is 39.8 Å². The summed E-state index contributed by atoms with van der Waals surface area (Å²) in [5.41, 5.74) is 6.15. The predicted molar refractivity (Wildman–Crippen MR) is 124 cm³/mol. The van der Waals surface area contributed by atoms with E-state index in [1.165, 1.54) is 38.8 Å². The smallest absolute Gasteiger partial charge is 0.255 e. The van der Waals surface area contributed by atoms with E-state index in [0.29, 0.717) is 12.3 Å². The minimum absolute atomic E-state index is 0. The van der Waals surface area contributed by atoms with E-state index in [4.69, 9.17) is 10.5 Å². The topological polar surface area (TPSA) is 92.0 Å². The Labute approximate surface area is 185 Å². The number of carbonyl (C=O) groups excluding carboxylic acids is 1. The molecule has 1 aromatic carbocycles. The summed E-state index contributed by atoms with van der Waals surface area (Å²) in [4.78, 5) is 17.7. The summed E-state index contributed by atoms with van der Waals surface area (Å²) in [5, 5.41) is 6.67. The molecule has 2 rings (SSSR count). The van der Waals surface area contributed by atoms with Crippen molar-refractivity contribution in [2.24, 2.45) is 10.7 Å². The second-order valence-corrected chi connectivity index (χ2v) is 6.86. The van der Waals surface area contributed by atoms with E-state index in [1.807, 2.05) is 24.3 Å². The highest BCUT2D eigenvalue weighted by Gasteiger charge is 2.08. The third-order valence-corrected chi connectivity index (χ3v) is 4.61. The number of halogens is 1. The molecular weight excluding hydrogens is 469 g/mol. The maximum atomic E-state index is 10.8. The van der Waals surface area contributed by atoms with Crippen LogP contribution in [0.3, 0.4) is 0 Å². The lowest BCUT2D eigenvalue weighted by atomic mass is 10.2. The first-order valence-electron chi connectivity index (χ1n) is 9.84. The van der Waals surface area contributed by atoms with Crippen molar-refractivity contribution in [2.45, 2.75) is 38.6 Å². The second-order valence-electron chi connectivity index (χ2n) is 6.86. The SMILES string of the molecule is CN=C(NCCCN1CCCCCC1)NCc1cccc(OCC(N)=O)c1.I. The van der Waals surface area contributed by atoms with Crippen LogP contribution in [0.25, 0.3) is 0 Å². The number of carbonyl (C=O) groups is 1. The molecule has 1 saturated heterocycles. The maximum Gasteiger partial charge on any atom is 0.255 e. The molecule has 0 atom stereocenters. The van der Waals surface area contributed by atoms with Crippen molar-refractivity contribution in [1.82, 2.24) is 15.5 Å². The minimum Gasteiger partial charge on any atom is -0.484 e. The first-order chi connectivity index (χ1) is 13.2. The van der Waals surface area contributed by atoms with Gasteiger partial charge in [0, 0.05) is 20.1 Å². The first kappa shape index (κ1) is 24.5. The number of ether oxygens (including phenoxy) is 1. The summed E-state index contributed by atoms with van der Waals surface area (Å²) in [5.74, 6) is 0.936. The number of amides is 1. The third-order valence-electron chi connectivity index (χ3n) is 4.61. The molecule has 4 N–H and O–H groups in total. The van der Waals surface area contributed by atoms with Gasteiger partial charge in [0.1, 0.15) is 5.75 Å². The lowest BCUT2D eigenvalue weighted by Gasteiger charge is -2.20. The summed E-state index contributed by atoms with van der Waals surface area (Å²) in [6.07, 6.45) is 6.52. The zero-order valence-electron chi connectivity index (χ0n) is 16.8. The van der Waals surface area contributed by atoms with Crippen LogP contribution in [0.2, 0.25) is 0 Å². The van der Waals surface area contributed by atoms with Crippen molar-refractivity contribution < 1.29 is 9.53 Å². The van der Waals surface area contributed by atoms with E-state index in [1.54, 1.807) is 7.05 Å². The number of guanidine groups is 1. The highest BCUT2D eigenvalue weighted by atomic mass is 127. The number of likely N-dealkylation sites (tertiary alicyclic amines) is 1. The van der Waals surface area contributed by atoms with E-state index in [0.717, 1.165) is 31.0 Å². The maximum absolute atomic E-state index is 10.8. The molecule has 0 radical (unpaired) electrons. The van der Waals surface area contributed by atoms with Crippen molar-refractivity contribution in [3.63, 3.8) is 0 Å². The Bertz CT molecular complexity index is 604. The number of rotatable bonds is 9. The minimum atomic E-state index is -0.483. The van der Waals surface area contributed by atoms with Gasteiger partial charge in [-0.25, -0.2) is 0 Å². The average Bonchev–Trinajstić information content (AvgIpc) is 2.95. The highest BCUT2D eigenvalue weighted by Crippen LogP contribution is 2.13. The fraction of sp³-hybridized carbons (Fsp3) is 0.600. The van der Waals surface area contributed by atoms with Crippen LogP contribution >= 0.6 is 24.0 Å². The van der Waals surface area contributed by atoms with Gasteiger partial charge in [-0.15, -0.1) is 24.0 Å². The Balaban J connectivity index is 0.00000392. The van der Waals surface area contributed by atoms with Crippen molar-refractivity contribution in [3.8, 4) is 5.75 Å². The molecule has 0 saturated carbocycles. The largest absolute Gasteiger partial charge is 0.484 e. The fourth-order valence-corrected chi connectivity index (χ4v) is 3.18. The summed E-state index contributed by atoms with van der Waals surface area (Å²) >= 11 is 0. The molecule has 1 heterocycles. The Kier molecular flexibility index (Phi) is 12.6. The summed E-state index contributed by atoms with van der Waals surface area (Å²) in [6.45, 7) is 5.03. The lowest BCUT2D eigenvalue weighted by molar-refractivity contribution is -0.119. The van der Waals surface area contributed by atoms with Crippen molar-refractivity contribution in [1.29, 1.82) is 0 Å².